The SMILES string of the molecule is O=C(Cn1c(-c2cccs2)n[nH]c1=S)N1CCN(Cc2ccc(Cl)s2)CC1. The monoisotopic (exact) mass is 439 g/mol. The van der Waals surface area contributed by atoms with Crippen LogP contribution < -0.4 is 0 Å². The molecule has 1 saturated heterocycles. The Labute approximate surface area is 175 Å². The highest BCUT2D eigenvalue weighted by atomic mass is 35.5. The highest BCUT2D eigenvalue weighted by Crippen LogP contribution is 2.24. The van der Waals surface area contributed by atoms with E-state index in [0.29, 0.717) is 4.77 Å². The molecule has 1 aliphatic rings. The van der Waals surface area contributed by atoms with E-state index in [4.69, 9.17) is 23.8 Å². The van der Waals surface area contributed by atoms with E-state index in [0.717, 1.165) is 47.8 Å². The van der Waals surface area contributed by atoms with Crippen molar-refractivity contribution < 1.29 is 4.79 Å². The number of aromatic amines is 1. The molecule has 1 aliphatic heterocycles. The topological polar surface area (TPSA) is 57.2 Å². The molecule has 27 heavy (non-hydrogen) atoms. The van der Waals surface area contributed by atoms with Gasteiger partial charge in [0.1, 0.15) is 6.54 Å². The summed E-state index contributed by atoms with van der Waals surface area (Å²) in [4.78, 5) is 19.3. The maximum Gasteiger partial charge on any atom is 0.242 e. The van der Waals surface area contributed by atoms with Gasteiger partial charge in [0.05, 0.1) is 9.21 Å². The van der Waals surface area contributed by atoms with E-state index in [1.54, 1.807) is 27.2 Å². The Balaban J connectivity index is 1.36. The van der Waals surface area contributed by atoms with Gasteiger partial charge in [-0.25, -0.2) is 0 Å². The molecule has 1 N–H and O–H groups in total. The summed E-state index contributed by atoms with van der Waals surface area (Å²) in [7, 11) is 0. The second-order valence-electron chi connectivity index (χ2n) is 6.28. The number of piperazine rings is 1. The first-order valence-electron chi connectivity index (χ1n) is 8.53. The summed E-state index contributed by atoms with van der Waals surface area (Å²) in [6.07, 6.45) is 0. The summed E-state index contributed by atoms with van der Waals surface area (Å²) < 4.78 is 3.07. The number of nitrogens with zero attached hydrogens (tertiary/aromatic N) is 4. The van der Waals surface area contributed by atoms with Gasteiger partial charge in [0.15, 0.2) is 10.6 Å². The molecule has 142 valence electrons. The Morgan fingerprint density at radius 2 is 2.07 bits per heavy atom. The third-order valence-electron chi connectivity index (χ3n) is 4.53. The minimum Gasteiger partial charge on any atom is -0.339 e. The van der Waals surface area contributed by atoms with Crippen LogP contribution in [0.2, 0.25) is 4.34 Å². The van der Waals surface area contributed by atoms with E-state index in [2.05, 4.69) is 21.2 Å². The van der Waals surface area contributed by atoms with Gasteiger partial charge in [0.2, 0.25) is 5.91 Å². The number of hydrogen-bond donors (Lipinski definition) is 1. The molecule has 0 saturated carbocycles. The van der Waals surface area contributed by atoms with Gasteiger partial charge in [0.25, 0.3) is 0 Å². The molecule has 0 aromatic carbocycles. The standard InChI is InChI=1S/C17H18ClN5OS3/c18-14-4-3-12(27-14)10-21-5-7-22(8-6-21)15(24)11-23-16(19-20-17(23)25)13-2-1-9-26-13/h1-4,9H,5-8,10-11H2,(H,20,25). The maximum absolute atomic E-state index is 12.8. The number of hydrogen-bond acceptors (Lipinski definition) is 6. The first kappa shape index (κ1) is 18.8. The molecule has 1 fully saturated rings. The number of rotatable bonds is 5. The van der Waals surface area contributed by atoms with E-state index in [-0.39, 0.29) is 12.5 Å². The van der Waals surface area contributed by atoms with Crippen LogP contribution in [0.25, 0.3) is 10.7 Å². The summed E-state index contributed by atoms with van der Waals surface area (Å²) in [5, 5.41) is 9.07. The number of nitrogens with one attached hydrogen (secondary N) is 1. The smallest absolute Gasteiger partial charge is 0.242 e. The zero-order valence-corrected chi connectivity index (χ0v) is 17.6. The van der Waals surface area contributed by atoms with Crippen LogP contribution in [-0.2, 0) is 17.9 Å². The lowest BCUT2D eigenvalue weighted by molar-refractivity contribution is -0.133. The molecular weight excluding hydrogens is 422 g/mol. The Bertz CT molecular complexity index is 969. The van der Waals surface area contributed by atoms with Gasteiger partial charge in [0, 0.05) is 37.6 Å². The lowest BCUT2D eigenvalue weighted by Gasteiger charge is -2.34. The molecule has 10 heteroatoms. The van der Waals surface area contributed by atoms with Crippen LogP contribution in [0.15, 0.2) is 29.6 Å². The maximum atomic E-state index is 12.8. The van der Waals surface area contributed by atoms with Crippen LogP contribution in [0.4, 0.5) is 0 Å². The third-order valence-corrected chi connectivity index (χ3v) is 6.92. The molecule has 0 spiro atoms. The molecule has 4 heterocycles. The molecule has 3 aromatic heterocycles. The predicted molar refractivity (Wildman–Crippen MR) is 112 cm³/mol. The summed E-state index contributed by atoms with van der Waals surface area (Å²) in [5.74, 6) is 0.792. The van der Waals surface area contributed by atoms with Gasteiger partial charge in [-0.1, -0.05) is 17.7 Å². The van der Waals surface area contributed by atoms with Crippen molar-refractivity contribution in [1.29, 1.82) is 0 Å². The van der Waals surface area contributed by atoms with Crippen LogP contribution in [0.5, 0.6) is 0 Å². The van der Waals surface area contributed by atoms with Crippen molar-refractivity contribution in [3.05, 3.63) is 43.6 Å². The Morgan fingerprint density at radius 1 is 1.26 bits per heavy atom. The molecule has 1 amide bonds. The zero-order valence-electron chi connectivity index (χ0n) is 14.4. The molecule has 0 aliphatic carbocycles. The Morgan fingerprint density at radius 3 is 2.74 bits per heavy atom. The van der Waals surface area contributed by atoms with Gasteiger partial charge >= 0.3 is 0 Å². The quantitative estimate of drug-likeness (QED) is 0.615. The molecule has 0 unspecified atom stereocenters. The van der Waals surface area contributed by atoms with Crippen LogP contribution in [0.3, 0.4) is 0 Å². The first-order valence-corrected chi connectivity index (χ1v) is 11.0. The van der Waals surface area contributed by atoms with E-state index >= 15 is 0 Å². The van der Waals surface area contributed by atoms with Gasteiger partial charge in [-0.3, -0.25) is 19.4 Å². The summed E-state index contributed by atoms with van der Waals surface area (Å²) in [6, 6.07) is 7.94. The number of carbonyl (C=O) groups excluding carboxylic acids is 1. The molecule has 0 bridgehead atoms. The fourth-order valence-electron chi connectivity index (χ4n) is 3.11. The lowest BCUT2D eigenvalue weighted by atomic mass is 10.3. The van der Waals surface area contributed by atoms with E-state index in [9.17, 15) is 4.79 Å². The Hall–Kier alpha value is -1.52. The number of thiophene rings is 2. The number of carbonyl (C=O) groups is 1. The van der Waals surface area contributed by atoms with Crippen molar-refractivity contribution in [2.45, 2.75) is 13.1 Å². The lowest BCUT2D eigenvalue weighted by Crippen LogP contribution is -2.49. The third kappa shape index (κ3) is 4.33. The normalized spacial score (nSPS) is 15.4. The Kier molecular flexibility index (Phi) is 5.74. The highest BCUT2D eigenvalue weighted by Gasteiger charge is 2.23. The van der Waals surface area contributed by atoms with Gasteiger partial charge in [-0.05, 0) is 35.8 Å². The van der Waals surface area contributed by atoms with Gasteiger partial charge in [-0.2, -0.15) is 5.10 Å². The summed E-state index contributed by atoms with van der Waals surface area (Å²) in [5.41, 5.74) is 0. The summed E-state index contributed by atoms with van der Waals surface area (Å²) in [6.45, 7) is 4.25. The van der Waals surface area contributed by atoms with Crippen molar-refractivity contribution in [1.82, 2.24) is 24.6 Å². The van der Waals surface area contributed by atoms with Crippen LogP contribution in [-0.4, -0.2) is 56.7 Å². The van der Waals surface area contributed by atoms with Crippen LogP contribution in [0, 0.1) is 4.77 Å². The fraction of sp³-hybridized carbons (Fsp3) is 0.353. The summed E-state index contributed by atoms with van der Waals surface area (Å²) >= 11 is 14.5. The van der Waals surface area contributed by atoms with Gasteiger partial charge < -0.3 is 4.90 Å². The van der Waals surface area contributed by atoms with Gasteiger partial charge in [-0.15, -0.1) is 22.7 Å². The number of H-pyrrole nitrogens is 1. The number of halogens is 1. The second-order valence-corrected chi connectivity index (χ2v) is 9.41. The average Bonchev–Trinajstić information content (AvgIpc) is 3.39. The molecule has 0 radical (unpaired) electrons. The average molecular weight is 440 g/mol. The minimum atomic E-state index is 0.0733. The zero-order chi connectivity index (χ0) is 18.8. The predicted octanol–water partition coefficient (Wildman–Crippen LogP) is 3.73. The van der Waals surface area contributed by atoms with Crippen molar-refractivity contribution in [3.63, 3.8) is 0 Å². The first-order chi connectivity index (χ1) is 13.1. The second kappa shape index (κ2) is 8.24. The van der Waals surface area contributed by atoms with E-state index in [1.165, 1.54) is 4.88 Å². The van der Waals surface area contributed by atoms with E-state index in [1.807, 2.05) is 28.5 Å². The molecule has 4 rings (SSSR count). The number of aromatic nitrogens is 3. The largest absolute Gasteiger partial charge is 0.339 e. The van der Waals surface area contributed by atoms with Crippen molar-refractivity contribution in [2.75, 3.05) is 26.2 Å². The fourth-order valence-corrected chi connectivity index (χ4v) is 5.15. The van der Waals surface area contributed by atoms with Crippen molar-refractivity contribution in [2.24, 2.45) is 0 Å². The van der Waals surface area contributed by atoms with Crippen molar-refractivity contribution in [3.8, 4) is 10.7 Å². The van der Waals surface area contributed by atoms with E-state index < -0.39 is 0 Å². The van der Waals surface area contributed by atoms with Crippen LogP contribution >= 0.6 is 46.5 Å². The minimum absolute atomic E-state index is 0.0733. The molecular formula is C17H18ClN5OS3. The van der Waals surface area contributed by atoms with Crippen LogP contribution in [0.1, 0.15) is 4.88 Å². The molecule has 6 nitrogen and oxygen atoms in total. The van der Waals surface area contributed by atoms with Crippen molar-refractivity contribution >= 4 is 52.4 Å². The highest BCUT2D eigenvalue weighted by molar-refractivity contribution is 7.71. The molecule has 0 atom stereocenters. The molecule has 3 aromatic rings. The number of amides is 1.